The van der Waals surface area contributed by atoms with Crippen LogP contribution in [0.1, 0.15) is 32.2 Å². The van der Waals surface area contributed by atoms with Gasteiger partial charge in [-0.25, -0.2) is 4.39 Å². The number of rotatable bonds is 0. The van der Waals surface area contributed by atoms with E-state index in [4.69, 9.17) is 0 Å². The van der Waals surface area contributed by atoms with Crippen LogP contribution in [0.4, 0.5) is 4.39 Å². The fourth-order valence-corrected chi connectivity index (χ4v) is 1.45. The summed E-state index contributed by atoms with van der Waals surface area (Å²) in [6, 6.07) is 0. The lowest BCUT2D eigenvalue weighted by molar-refractivity contribution is 0.481. The third-order valence-corrected chi connectivity index (χ3v) is 1.86. The summed E-state index contributed by atoms with van der Waals surface area (Å²) in [7, 11) is 1.77. The van der Waals surface area contributed by atoms with Crippen molar-refractivity contribution in [2.45, 2.75) is 33.1 Å². The van der Waals surface area contributed by atoms with Crippen LogP contribution < -0.4 is 0 Å². The maximum absolute atomic E-state index is 13.4. The van der Waals surface area contributed by atoms with Crippen LogP contribution in [-0.4, -0.2) is 9.78 Å². The number of hydrogen-bond acceptors (Lipinski definition) is 1. The van der Waals surface area contributed by atoms with Gasteiger partial charge in [-0.15, -0.1) is 0 Å². The van der Waals surface area contributed by atoms with E-state index in [2.05, 4.69) is 5.10 Å². The summed E-state index contributed by atoms with van der Waals surface area (Å²) in [5.41, 5.74) is 0.961. The first-order valence-corrected chi connectivity index (χ1v) is 4.03. The number of hydrogen-bond donors (Lipinski definition) is 0. The van der Waals surface area contributed by atoms with E-state index in [1.807, 2.05) is 20.8 Å². The Kier molecular flexibility index (Phi) is 1.98. The number of aromatic nitrogens is 2. The Hall–Kier alpha value is -0.860. The normalized spacial score (nSPS) is 12.2. The van der Waals surface area contributed by atoms with Crippen LogP contribution in [0.25, 0.3) is 0 Å². The molecule has 3 heteroatoms. The van der Waals surface area contributed by atoms with Gasteiger partial charge in [-0.3, -0.25) is 4.68 Å². The van der Waals surface area contributed by atoms with E-state index in [0.29, 0.717) is 11.4 Å². The van der Waals surface area contributed by atoms with Gasteiger partial charge in [-0.2, -0.15) is 5.10 Å². The van der Waals surface area contributed by atoms with Crippen LogP contribution in [0.2, 0.25) is 0 Å². The van der Waals surface area contributed by atoms with E-state index in [9.17, 15) is 4.39 Å². The van der Waals surface area contributed by atoms with Gasteiger partial charge in [0, 0.05) is 12.5 Å². The zero-order valence-corrected chi connectivity index (χ0v) is 8.27. The first-order chi connectivity index (χ1) is 5.34. The number of nitrogens with zero attached hydrogens (tertiary/aromatic N) is 2. The summed E-state index contributed by atoms with van der Waals surface area (Å²) >= 11 is 0. The minimum Gasteiger partial charge on any atom is -0.269 e. The van der Waals surface area contributed by atoms with Crippen LogP contribution in [0, 0.1) is 12.7 Å². The fourth-order valence-electron chi connectivity index (χ4n) is 1.45. The van der Waals surface area contributed by atoms with Crippen LogP contribution in [0.15, 0.2) is 0 Å². The molecule has 68 valence electrons. The highest BCUT2D eigenvalue weighted by molar-refractivity contribution is 5.19. The molecular formula is C9H15FN2. The van der Waals surface area contributed by atoms with Crippen molar-refractivity contribution in [3.05, 3.63) is 17.2 Å². The third-order valence-electron chi connectivity index (χ3n) is 1.86. The van der Waals surface area contributed by atoms with Crippen LogP contribution in [0.5, 0.6) is 0 Å². The average molecular weight is 170 g/mol. The molecule has 0 saturated carbocycles. The van der Waals surface area contributed by atoms with E-state index in [-0.39, 0.29) is 11.2 Å². The monoisotopic (exact) mass is 170 g/mol. The summed E-state index contributed by atoms with van der Waals surface area (Å²) in [6.07, 6.45) is 0. The van der Waals surface area contributed by atoms with Gasteiger partial charge in [0.2, 0.25) is 0 Å². The molecule has 1 heterocycles. The van der Waals surface area contributed by atoms with Gasteiger partial charge < -0.3 is 0 Å². The van der Waals surface area contributed by atoms with Gasteiger partial charge in [-0.1, -0.05) is 20.8 Å². The summed E-state index contributed by atoms with van der Waals surface area (Å²) in [4.78, 5) is 0. The molecular weight excluding hydrogens is 155 g/mol. The molecule has 0 atom stereocenters. The average Bonchev–Trinajstić information content (AvgIpc) is 2.05. The third kappa shape index (κ3) is 1.36. The van der Waals surface area contributed by atoms with Crippen molar-refractivity contribution in [3.63, 3.8) is 0 Å². The van der Waals surface area contributed by atoms with Gasteiger partial charge in [0.15, 0.2) is 5.82 Å². The van der Waals surface area contributed by atoms with E-state index in [1.54, 1.807) is 18.7 Å². The van der Waals surface area contributed by atoms with Gasteiger partial charge >= 0.3 is 0 Å². The second-order valence-corrected chi connectivity index (χ2v) is 4.12. The molecule has 0 N–H and O–H groups in total. The topological polar surface area (TPSA) is 17.8 Å². The SMILES string of the molecule is Cc1nn(C)c(C(C)(C)C)c1F. The molecule has 0 aromatic carbocycles. The summed E-state index contributed by atoms with van der Waals surface area (Å²) in [5.74, 6) is -0.176. The summed E-state index contributed by atoms with van der Waals surface area (Å²) < 4.78 is 15.1. The number of halogens is 1. The van der Waals surface area contributed by atoms with Crippen molar-refractivity contribution in [1.82, 2.24) is 9.78 Å². The minimum absolute atomic E-state index is 0.176. The van der Waals surface area contributed by atoms with Crippen LogP contribution >= 0.6 is 0 Å². The Morgan fingerprint density at radius 3 is 2.00 bits per heavy atom. The molecule has 0 unspecified atom stereocenters. The molecule has 0 aliphatic heterocycles. The smallest absolute Gasteiger partial charge is 0.167 e. The zero-order chi connectivity index (χ0) is 9.52. The Labute approximate surface area is 72.4 Å². The largest absolute Gasteiger partial charge is 0.269 e. The Balaban J connectivity index is 3.32. The molecule has 1 aromatic rings. The molecule has 0 spiro atoms. The summed E-state index contributed by atoms with van der Waals surface area (Å²) in [6.45, 7) is 7.62. The molecule has 0 radical (unpaired) electrons. The van der Waals surface area contributed by atoms with Crippen molar-refractivity contribution in [1.29, 1.82) is 0 Å². The van der Waals surface area contributed by atoms with Gasteiger partial charge in [-0.05, 0) is 6.92 Å². The van der Waals surface area contributed by atoms with Crippen molar-refractivity contribution < 1.29 is 4.39 Å². The molecule has 1 rings (SSSR count). The lowest BCUT2D eigenvalue weighted by Gasteiger charge is -2.18. The van der Waals surface area contributed by atoms with Crippen molar-refractivity contribution in [2.24, 2.45) is 7.05 Å². The highest BCUT2D eigenvalue weighted by Crippen LogP contribution is 2.25. The van der Waals surface area contributed by atoms with Gasteiger partial charge in [0.25, 0.3) is 0 Å². The van der Waals surface area contributed by atoms with Crippen molar-refractivity contribution in [2.75, 3.05) is 0 Å². The van der Waals surface area contributed by atoms with Crippen LogP contribution in [0.3, 0.4) is 0 Å². The lowest BCUT2D eigenvalue weighted by Crippen LogP contribution is -2.18. The Morgan fingerprint density at radius 1 is 1.33 bits per heavy atom. The Morgan fingerprint density at radius 2 is 1.83 bits per heavy atom. The molecule has 0 bridgehead atoms. The standard InChI is InChI=1S/C9H15FN2/c1-6-7(10)8(9(2,3)4)12(5)11-6/h1-5H3. The molecule has 0 aliphatic rings. The fraction of sp³-hybridized carbons (Fsp3) is 0.667. The van der Waals surface area contributed by atoms with Gasteiger partial charge in [0.05, 0.1) is 11.4 Å². The molecule has 0 amide bonds. The lowest BCUT2D eigenvalue weighted by atomic mass is 9.91. The molecule has 0 fully saturated rings. The van der Waals surface area contributed by atoms with E-state index in [0.717, 1.165) is 0 Å². The Bertz CT molecular complexity index is 294. The molecule has 0 aliphatic carbocycles. The van der Waals surface area contributed by atoms with E-state index >= 15 is 0 Å². The van der Waals surface area contributed by atoms with Crippen molar-refractivity contribution in [3.8, 4) is 0 Å². The van der Waals surface area contributed by atoms with E-state index < -0.39 is 0 Å². The quantitative estimate of drug-likeness (QED) is 0.583. The predicted molar refractivity (Wildman–Crippen MR) is 46.6 cm³/mol. The van der Waals surface area contributed by atoms with Crippen molar-refractivity contribution >= 4 is 0 Å². The molecule has 1 aromatic heterocycles. The second kappa shape index (κ2) is 2.57. The van der Waals surface area contributed by atoms with Crippen LogP contribution in [-0.2, 0) is 12.5 Å². The highest BCUT2D eigenvalue weighted by atomic mass is 19.1. The molecule has 2 nitrogen and oxygen atoms in total. The minimum atomic E-state index is -0.180. The first kappa shape index (κ1) is 9.23. The maximum atomic E-state index is 13.4. The predicted octanol–water partition coefficient (Wildman–Crippen LogP) is 2.17. The molecule has 0 saturated heterocycles. The van der Waals surface area contributed by atoms with Gasteiger partial charge in [0.1, 0.15) is 0 Å². The highest BCUT2D eigenvalue weighted by Gasteiger charge is 2.24. The maximum Gasteiger partial charge on any atom is 0.167 e. The summed E-state index contributed by atoms with van der Waals surface area (Å²) in [5, 5.41) is 4.02. The van der Waals surface area contributed by atoms with E-state index in [1.165, 1.54) is 0 Å². The zero-order valence-electron chi connectivity index (χ0n) is 8.27. The molecule has 12 heavy (non-hydrogen) atoms. The first-order valence-electron chi connectivity index (χ1n) is 4.03. The second-order valence-electron chi connectivity index (χ2n) is 4.12. The number of aryl methyl sites for hydroxylation is 2.